The van der Waals surface area contributed by atoms with Crippen LogP contribution in [0.25, 0.3) is 10.9 Å². The summed E-state index contributed by atoms with van der Waals surface area (Å²) in [6, 6.07) is 17.7. The van der Waals surface area contributed by atoms with Gasteiger partial charge in [0.2, 0.25) is 5.88 Å². The number of fused-ring (bicyclic) bond motifs is 1. The average Bonchev–Trinajstić information content (AvgIpc) is 2.54. The lowest BCUT2D eigenvalue weighted by Crippen LogP contribution is -1.97. The van der Waals surface area contributed by atoms with Crippen LogP contribution in [0.4, 0.5) is 0 Å². The molecule has 1 aromatic heterocycles. The minimum Gasteiger partial charge on any atom is -0.481 e. The van der Waals surface area contributed by atoms with E-state index in [1.165, 1.54) is 5.56 Å². The van der Waals surface area contributed by atoms with Gasteiger partial charge in [-0.15, -0.1) is 0 Å². The SMILES string of the molecule is COc1nc2ccc(C=O)cc2cc1Cc1ccccc1. The molecule has 3 nitrogen and oxygen atoms in total. The summed E-state index contributed by atoms with van der Waals surface area (Å²) in [6.45, 7) is 0. The van der Waals surface area contributed by atoms with E-state index in [4.69, 9.17) is 4.74 Å². The molecule has 2 aromatic carbocycles. The molecule has 0 spiro atoms. The van der Waals surface area contributed by atoms with Crippen molar-refractivity contribution in [2.45, 2.75) is 6.42 Å². The first-order chi connectivity index (χ1) is 10.3. The molecule has 104 valence electrons. The Morgan fingerprint density at radius 1 is 1.10 bits per heavy atom. The molecule has 0 bridgehead atoms. The molecule has 1 heterocycles. The van der Waals surface area contributed by atoms with Crippen LogP contribution in [-0.4, -0.2) is 18.4 Å². The average molecular weight is 277 g/mol. The largest absolute Gasteiger partial charge is 0.481 e. The van der Waals surface area contributed by atoms with Gasteiger partial charge >= 0.3 is 0 Å². The number of carbonyl (C=O) groups excluding carboxylic acids is 1. The second kappa shape index (κ2) is 5.75. The van der Waals surface area contributed by atoms with Crippen molar-refractivity contribution in [1.82, 2.24) is 4.98 Å². The fourth-order valence-corrected chi connectivity index (χ4v) is 2.41. The van der Waals surface area contributed by atoms with Gasteiger partial charge in [-0.1, -0.05) is 30.3 Å². The Labute approximate surface area is 123 Å². The number of carbonyl (C=O) groups is 1. The quantitative estimate of drug-likeness (QED) is 0.683. The van der Waals surface area contributed by atoms with E-state index in [-0.39, 0.29) is 0 Å². The van der Waals surface area contributed by atoms with E-state index in [0.717, 1.165) is 29.2 Å². The van der Waals surface area contributed by atoms with Gasteiger partial charge in [0.05, 0.1) is 12.6 Å². The lowest BCUT2D eigenvalue weighted by Gasteiger charge is -2.10. The van der Waals surface area contributed by atoms with Gasteiger partial charge in [-0.3, -0.25) is 4.79 Å². The van der Waals surface area contributed by atoms with Gasteiger partial charge in [0.25, 0.3) is 0 Å². The molecule has 0 fully saturated rings. The standard InChI is InChI=1S/C18H15NO2/c1-21-18-16(9-13-5-3-2-4-6-13)11-15-10-14(12-20)7-8-17(15)19-18/h2-8,10-12H,9H2,1H3. The first kappa shape index (κ1) is 13.3. The molecular formula is C18H15NO2. The molecule has 0 radical (unpaired) electrons. The van der Waals surface area contributed by atoms with E-state index in [0.29, 0.717) is 11.4 Å². The molecule has 0 amide bonds. The van der Waals surface area contributed by atoms with Gasteiger partial charge in [-0.05, 0) is 29.8 Å². The van der Waals surface area contributed by atoms with Crippen LogP contribution in [0.3, 0.4) is 0 Å². The number of hydrogen-bond donors (Lipinski definition) is 0. The molecule has 0 unspecified atom stereocenters. The summed E-state index contributed by atoms with van der Waals surface area (Å²) in [5, 5.41) is 0.950. The molecule has 21 heavy (non-hydrogen) atoms. The van der Waals surface area contributed by atoms with Crippen LogP contribution in [0.1, 0.15) is 21.5 Å². The van der Waals surface area contributed by atoms with Crippen LogP contribution < -0.4 is 4.74 Å². The topological polar surface area (TPSA) is 39.2 Å². The number of hydrogen-bond acceptors (Lipinski definition) is 3. The van der Waals surface area contributed by atoms with Crippen LogP contribution in [-0.2, 0) is 6.42 Å². The molecule has 3 heteroatoms. The Hall–Kier alpha value is -2.68. The Morgan fingerprint density at radius 3 is 2.62 bits per heavy atom. The molecule has 0 N–H and O–H groups in total. The highest BCUT2D eigenvalue weighted by atomic mass is 16.5. The van der Waals surface area contributed by atoms with E-state index < -0.39 is 0 Å². The molecule has 0 aliphatic carbocycles. The third kappa shape index (κ3) is 2.77. The summed E-state index contributed by atoms with van der Waals surface area (Å²) in [5.74, 6) is 0.630. The van der Waals surface area contributed by atoms with E-state index in [1.807, 2.05) is 36.4 Å². The molecule has 0 saturated carbocycles. The maximum absolute atomic E-state index is 10.9. The number of methoxy groups -OCH3 is 1. The number of pyridine rings is 1. The summed E-state index contributed by atoms with van der Waals surface area (Å²) in [5.41, 5.74) is 3.69. The zero-order chi connectivity index (χ0) is 14.7. The molecule has 3 aromatic rings. The molecule has 0 aliphatic heterocycles. The third-order valence-electron chi connectivity index (χ3n) is 3.44. The van der Waals surface area contributed by atoms with Crippen molar-refractivity contribution in [1.29, 1.82) is 0 Å². The van der Waals surface area contributed by atoms with Crippen LogP contribution in [0.15, 0.2) is 54.6 Å². The van der Waals surface area contributed by atoms with Crippen molar-refractivity contribution in [2.24, 2.45) is 0 Å². The Bertz CT molecular complexity index is 782. The molecule has 3 rings (SSSR count). The highest BCUT2D eigenvalue weighted by molar-refractivity contribution is 5.87. The lowest BCUT2D eigenvalue weighted by atomic mass is 10.0. The fourth-order valence-electron chi connectivity index (χ4n) is 2.41. The number of aldehydes is 1. The van der Waals surface area contributed by atoms with E-state index >= 15 is 0 Å². The summed E-state index contributed by atoms with van der Waals surface area (Å²) >= 11 is 0. The smallest absolute Gasteiger partial charge is 0.217 e. The maximum atomic E-state index is 10.9. The van der Waals surface area contributed by atoms with E-state index in [2.05, 4.69) is 17.1 Å². The van der Waals surface area contributed by atoms with Crippen LogP contribution in [0.2, 0.25) is 0 Å². The Morgan fingerprint density at radius 2 is 1.90 bits per heavy atom. The zero-order valence-corrected chi connectivity index (χ0v) is 11.7. The van der Waals surface area contributed by atoms with Crippen molar-refractivity contribution in [3.05, 3.63) is 71.3 Å². The Kier molecular flexibility index (Phi) is 3.65. The zero-order valence-electron chi connectivity index (χ0n) is 11.7. The third-order valence-corrected chi connectivity index (χ3v) is 3.44. The molecule has 0 atom stereocenters. The summed E-state index contributed by atoms with van der Waals surface area (Å²) in [7, 11) is 1.63. The van der Waals surface area contributed by atoms with Gasteiger partial charge in [0.1, 0.15) is 6.29 Å². The second-order valence-corrected chi connectivity index (χ2v) is 4.89. The van der Waals surface area contributed by atoms with Gasteiger partial charge in [0, 0.05) is 22.9 Å². The number of ether oxygens (including phenoxy) is 1. The Balaban J connectivity index is 2.09. The second-order valence-electron chi connectivity index (χ2n) is 4.89. The van der Waals surface area contributed by atoms with Gasteiger partial charge in [-0.2, -0.15) is 0 Å². The van der Waals surface area contributed by atoms with Gasteiger partial charge in [-0.25, -0.2) is 4.98 Å². The van der Waals surface area contributed by atoms with Gasteiger partial charge < -0.3 is 4.74 Å². The first-order valence-electron chi connectivity index (χ1n) is 6.77. The van der Waals surface area contributed by atoms with Crippen LogP contribution >= 0.6 is 0 Å². The predicted molar refractivity (Wildman–Crippen MR) is 82.9 cm³/mol. The maximum Gasteiger partial charge on any atom is 0.217 e. The minimum atomic E-state index is 0.630. The number of nitrogens with zero attached hydrogens (tertiary/aromatic N) is 1. The summed E-state index contributed by atoms with van der Waals surface area (Å²) < 4.78 is 5.40. The van der Waals surface area contributed by atoms with E-state index in [1.54, 1.807) is 13.2 Å². The normalized spacial score (nSPS) is 10.5. The van der Waals surface area contributed by atoms with Crippen LogP contribution in [0, 0.1) is 0 Å². The number of benzene rings is 2. The highest BCUT2D eigenvalue weighted by Crippen LogP contribution is 2.25. The van der Waals surface area contributed by atoms with Crippen molar-refractivity contribution in [3.8, 4) is 5.88 Å². The minimum absolute atomic E-state index is 0.630. The molecular weight excluding hydrogens is 262 g/mol. The van der Waals surface area contributed by atoms with Crippen molar-refractivity contribution in [2.75, 3.05) is 7.11 Å². The summed E-state index contributed by atoms with van der Waals surface area (Å²) in [4.78, 5) is 15.4. The number of rotatable bonds is 4. The van der Waals surface area contributed by atoms with E-state index in [9.17, 15) is 4.79 Å². The summed E-state index contributed by atoms with van der Waals surface area (Å²) in [6.07, 6.45) is 1.60. The lowest BCUT2D eigenvalue weighted by molar-refractivity contribution is 0.112. The van der Waals surface area contributed by atoms with Crippen LogP contribution in [0.5, 0.6) is 5.88 Å². The predicted octanol–water partition coefficient (Wildman–Crippen LogP) is 3.65. The molecule has 0 saturated heterocycles. The molecule has 0 aliphatic rings. The van der Waals surface area contributed by atoms with Crippen molar-refractivity contribution in [3.63, 3.8) is 0 Å². The first-order valence-corrected chi connectivity index (χ1v) is 6.77. The van der Waals surface area contributed by atoms with Crippen molar-refractivity contribution >= 4 is 17.2 Å². The highest BCUT2D eigenvalue weighted by Gasteiger charge is 2.09. The number of aromatic nitrogens is 1. The van der Waals surface area contributed by atoms with Gasteiger partial charge in [0.15, 0.2) is 0 Å². The monoisotopic (exact) mass is 277 g/mol. The van der Waals surface area contributed by atoms with Crippen molar-refractivity contribution < 1.29 is 9.53 Å². The fraction of sp³-hybridized carbons (Fsp3) is 0.111.